The van der Waals surface area contributed by atoms with Crippen molar-refractivity contribution >= 4 is 11.4 Å². The summed E-state index contributed by atoms with van der Waals surface area (Å²) in [6.07, 6.45) is 1.78. The number of pyridine rings is 1. The van der Waals surface area contributed by atoms with Crippen molar-refractivity contribution in [3.05, 3.63) is 66.5 Å². The molecule has 3 heteroatoms. The second-order valence-corrected chi connectivity index (χ2v) is 3.90. The maximum Gasteiger partial charge on any atom is 0.137 e. The van der Waals surface area contributed by atoms with E-state index < -0.39 is 0 Å². The molecule has 18 heavy (non-hydrogen) atoms. The lowest BCUT2D eigenvalue weighted by atomic mass is 10.2. The van der Waals surface area contributed by atoms with Gasteiger partial charge in [0.2, 0.25) is 0 Å². The van der Waals surface area contributed by atoms with E-state index in [0.717, 1.165) is 17.9 Å². The van der Waals surface area contributed by atoms with Crippen LogP contribution in [-0.2, 0) is 11.3 Å². The molecule has 2 aromatic rings. The molecule has 1 N–H and O–H groups in total. The molecule has 2 rings (SSSR count). The van der Waals surface area contributed by atoms with E-state index in [1.807, 2.05) is 30.3 Å². The quantitative estimate of drug-likeness (QED) is 0.814. The Morgan fingerprint density at radius 1 is 1.22 bits per heavy atom. The highest BCUT2D eigenvalue weighted by atomic mass is 16.5. The summed E-state index contributed by atoms with van der Waals surface area (Å²) in [6.45, 7) is 4.55. The fraction of sp³-hybridized carbons (Fsp3) is 0.133. The van der Waals surface area contributed by atoms with Gasteiger partial charge in [-0.2, -0.15) is 0 Å². The molecule has 0 saturated carbocycles. The lowest BCUT2D eigenvalue weighted by Gasteiger charge is -2.07. The minimum atomic E-state index is 0.574. The Bertz CT molecular complexity index is 506. The summed E-state index contributed by atoms with van der Waals surface area (Å²) >= 11 is 0. The number of hydrogen-bond acceptors (Lipinski definition) is 3. The Morgan fingerprint density at radius 3 is 2.61 bits per heavy atom. The lowest BCUT2D eigenvalue weighted by Crippen LogP contribution is -2.00. The molecular formula is C15H16N2O. The van der Waals surface area contributed by atoms with Crippen LogP contribution < -0.4 is 5.32 Å². The number of ether oxygens (including phenoxy) is 1. The van der Waals surface area contributed by atoms with Crippen LogP contribution in [-0.4, -0.2) is 12.1 Å². The van der Waals surface area contributed by atoms with Gasteiger partial charge in [-0.05, 0) is 17.7 Å². The van der Waals surface area contributed by atoms with Crippen LogP contribution in [0.2, 0.25) is 0 Å². The van der Waals surface area contributed by atoms with Crippen LogP contribution in [0.15, 0.2) is 55.2 Å². The normalized spacial score (nSPS) is 9.83. The third-order valence-corrected chi connectivity index (χ3v) is 2.64. The molecule has 0 fully saturated rings. The van der Waals surface area contributed by atoms with E-state index >= 15 is 0 Å². The monoisotopic (exact) mass is 240 g/mol. The number of nitrogens with one attached hydrogen (secondary N) is 1. The topological polar surface area (TPSA) is 34.1 Å². The van der Waals surface area contributed by atoms with E-state index in [2.05, 4.69) is 29.0 Å². The second-order valence-electron chi connectivity index (χ2n) is 3.90. The molecule has 0 saturated heterocycles. The van der Waals surface area contributed by atoms with Gasteiger partial charge in [0.15, 0.2) is 0 Å². The van der Waals surface area contributed by atoms with Crippen molar-refractivity contribution in [3.8, 4) is 0 Å². The molecule has 0 bridgehead atoms. The molecule has 92 valence electrons. The van der Waals surface area contributed by atoms with Crippen molar-refractivity contribution in [2.75, 3.05) is 12.4 Å². The first-order chi connectivity index (χ1) is 8.79. The third kappa shape index (κ3) is 3.10. The SMILES string of the molecule is C=C(OC)c1ccc(NCc2ccccc2)cn1. The minimum Gasteiger partial charge on any atom is -0.495 e. The number of nitrogens with zero attached hydrogens (tertiary/aromatic N) is 1. The Kier molecular flexibility index (Phi) is 3.97. The van der Waals surface area contributed by atoms with Crippen molar-refractivity contribution in [2.45, 2.75) is 6.54 Å². The van der Waals surface area contributed by atoms with Gasteiger partial charge in [-0.25, -0.2) is 0 Å². The van der Waals surface area contributed by atoms with Crippen LogP contribution >= 0.6 is 0 Å². The zero-order valence-corrected chi connectivity index (χ0v) is 10.4. The van der Waals surface area contributed by atoms with Crippen LogP contribution in [0.5, 0.6) is 0 Å². The Morgan fingerprint density at radius 2 is 2.00 bits per heavy atom. The smallest absolute Gasteiger partial charge is 0.137 e. The van der Waals surface area contributed by atoms with Crippen molar-refractivity contribution < 1.29 is 4.74 Å². The predicted molar refractivity (Wildman–Crippen MR) is 74.0 cm³/mol. The van der Waals surface area contributed by atoms with Crippen LogP contribution in [0.3, 0.4) is 0 Å². The molecule has 0 aliphatic carbocycles. The number of rotatable bonds is 5. The highest BCUT2D eigenvalue weighted by Gasteiger charge is 2.00. The first-order valence-corrected chi connectivity index (χ1v) is 5.76. The summed E-state index contributed by atoms with van der Waals surface area (Å²) in [5.74, 6) is 0.574. The summed E-state index contributed by atoms with van der Waals surface area (Å²) in [6, 6.07) is 14.1. The van der Waals surface area contributed by atoms with Crippen molar-refractivity contribution in [2.24, 2.45) is 0 Å². The first-order valence-electron chi connectivity index (χ1n) is 5.76. The average molecular weight is 240 g/mol. The first kappa shape index (κ1) is 12.2. The summed E-state index contributed by atoms with van der Waals surface area (Å²) in [5, 5.41) is 3.31. The van der Waals surface area contributed by atoms with Gasteiger partial charge in [0.1, 0.15) is 11.5 Å². The fourth-order valence-electron chi connectivity index (χ4n) is 1.57. The number of anilines is 1. The number of aromatic nitrogens is 1. The molecular weight excluding hydrogens is 224 g/mol. The predicted octanol–water partition coefficient (Wildman–Crippen LogP) is 3.31. The molecule has 1 aromatic heterocycles. The fourth-order valence-corrected chi connectivity index (χ4v) is 1.57. The van der Waals surface area contributed by atoms with Crippen LogP contribution in [0.1, 0.15) is 11.3 Å². The largest absolute Gasteiger partial charge is 0.495 e. The van der Waals surface area contributed by atoms with Gasteiger partial charge in [0.25, 0.3) is 0 Å². The van der Waals surface area contributed by atoms with Crippen molar-refractivity contribution in [3.63, 3.8) is 0 Å². The van der Waals surface area contributed by atoms with E-state index in [4.69, 9.17) is 4.74 Å². The minimum absolute atomic E-state index is 0.574. The summed E-state index contributed by atoms with van der Waals surface area (Å²) in [5.41, 5.74) is 2.97. The molecule has 0 amide bonds. The van der Waals surface area contributed by atoms with Gasteiger partial charge in [0.05, 0.1) is 19.0 Å². The van der Waals surface area contributed by atoms with Crippen molar-refractivity contribution in [1.82, 2.24) is 4.98 Å². The van der Waals surface area contributed by atoms with Gasteiger partial charge >= 0.3 is 0 Å². The van der Waals surface area contributed by atoms with Crippen LogP contribution in [0.25, 0.3) is 5.76 Å². The Balaban J connectivity index is 1.97. The average Bonchev–Trinajstić information content (AvgIpc) is 2.46. The molecule has 0 atom stereocenters. The molecule has 0 aliphatic heterocycles. The highest BCUT2D eigenvalue weighted by Crippen LogP contribution is 2.13. The van der Waals surface area contributed by atoms with Gasteiger partial charge < -0.3 is 10.1 Å². The molecule has 0 aliphatic rings. The maximum atomic E-state index is 5.03. The molecule has 1 aromatic carbocycles. The molecule has 1 heterocycles. The van der Waals surface area contributed by atoms with E-state index in [0.29, 0.717) is 5.76 Å². The van der Waals surface area contributed by atoms with E-state index in [-0.39, 0.29) is 0 Å². The van der Waals surface area contributed by atoms with Gasteiger partial charge in [-0.3, -0.25) is 4.98 Å². The third-order valence-electron chi connectivity index (χ3n) is 2.64. The molecule has 3 nitrogen and oxygen atoms in total. The number of hydrogen-bond donors (Lipinski definition) is 1. The summed E-state index contributed by atoms with van der Waals surface area (Å²) in [4.78, 5) is 4.27. The van der Waals surface area contributed by atoms with E-state index in [9.17, 15) is 0 Å². The van der Waals surface area contributed by atoms with Crippen LogP contribution in [0, 0.1) is 0 Å². The van der Waals surface area contributed by atoms with Gasteiger partial charge in [0, 0.05) is 6.54 Å². The second kappa shape index (κ2) is 5.87. The maximum absolute atomic E-state index is 5.03. The van der Waals surface area contributed by atoms with Gasteiger partial charge in [-0.15, -0.1) is 0 Å². The standard InChI is InChI=1S/C15H16N2O/c1-12(18-2)15-9-8-14(11-17-15)16-10-13-6-4-3-5-7-13/h3-9,11,16H,1,10H2,2H3. The zero-order chi connectivity index (χ0) is 12.8. The highest BCUT2D eigenvalue weighted by molar-refractivity contribution is 5.55. The molecule has 0 unspecified atom stereocenters. The van der Waals surface area contributed by atoms with Crippen LogP contribution in [0.4, 0.5) is 5.69 Å². The van der Waals surface area contributed by atoms with E-state index in [1.165, 1.54) is 5.56 Å². The zero-order valence-electron chi connectivity index (χ0n) is 10.4. The molecule has 0 spiro atoms. The Hall–Kier alpha value is -2.29. The number of benzene rings is 1. The van der Waals surface area contributed by atoms with E-state index in [1.54, 1.807) is 13.3 Å². The van der Waals surface area contributed by atoms with Gasteiger partial charge in [-0.1, -0.05) is 36.9 Å². The van der Waals surface area contributed by atoms with Crippen molar-refractivity contribution in [1.29, 1.82) is 0 Å². The lowest BCUT2D eigenvalue weighted by molar-refractivity contribution is 0.369. The summed E-state index contributed by atoms with van der Waals surface area (Å²) in [7, 11) is 1.59. The Labute approximate surface area is 107 Å². The molecule has 0 radical (unpaired) electrons. The number of methoxy groups -OCH3 is 1. The summed E-state index contributed by atoms with van der Waals surface area (Å²) < 4.78 is 5.03.